The van der Waals surface area contributed by atoms with Gasteiger partial charge in [-0.15, -0.1) is 11.6 Å². The molecule has 1 saturated carbocycles. The number of rotatable bonds is 7. The molecule has 0 N–H and O–H groups in total. The van der Waals surface area contributed by atoms with Crippen LogP contribution >= 0.6 is 23.2 Å². The summed E-state index contributed by atoms with van der Waals surface area (Å²) in [5.74, 6) is 0.782. The molecule has 0 saturated heterocycles. The van der Waals surface area contributed by atoms with Gasteiger partial charge in [0, 0.05) is 11.9 Å². The molecule has 1 aliphatic carbocycles. The van der Waals surface area contributed by atoms with E-state index in [0.29, 0.717) is 5.38 Å². The van der Waals surface area contributed by atoms with Gasteiger partial charge in [0.25, 0.3) is 0 Å². The summed E-state index contributed by atoms with van der Waals surface area (Å²) < 4.78 is 2.04. The quantitative estimate of drug-likeness (QED) is 0.678. The number of hydrogen-bond donors (Lipinski definition) is 0. The van der Waals surface area contributed by atoms with E-state index in [-0.39, 0.29) is 0 Å². The minimum Gasteiger partial charge on any atom is -0.268 e. The Hall–Kier alpha value is -0.210. The zero-order chi connectivity index (χ0) is 13.1. The second-order valence-corrected chi connectivity index (χ2v) is 6.06. The van der Waals surface area contributed by atoms with Gasteiger partial charge >= 0.3 is 0 Å². The third kappa shape index (κ3) is 3.21. The monoisotopic (exact) mass is 288 g/mol. The Morgan fingerprint density at radius 3 is 2.67 bits per heavy atom. The fourth-order valence-corrected chi connectivity index (χ4v) is 3.18. The molecule has 0 radical (unpaired) electrons. The molecule has 0 spiro atoms. The topological polar surface area (TPSA) is 17.8 Å². The van der Waals surface area contributed by atoms with E-state index in [1.807, 2.05) is 4.68 Å². The highest BCUT2D eigenvalue weighted by Crippen LogP contribution is 2.38. The van der Waals surface area contributed by atoms with Crippen LogP contribution in [0.4, 0.5) is 0 Å². The van der Waals surface area contributed by atoms with E-state index in [4.69, 9.17) is 23.2 Å². The van der Waals surface area contributed by atoms with Gasteiger partial charge in [-0.3, -0.25) is 4.68 Å². The van der Waals surface area contributed by atoms with Crippen LogP contribution in [0, 0.1) is 5.92 Å². The van der Waals surface area contributed by atoms with Gasteiger partial charge in [-0.05, 0) is 51.4 Å². The first-order valence-electron chi connectivity index (χ1n) is 7.05. The van der Waals surface area contributed by atoms with Crippen LogP contribution in [0.15, 0.2) is 0 Å². The molecule has 1 heterocycles. The zero-order valence-corrected chi connectivity index (χ0v) is 12.8. The summed E-state index contributed by atoms with van der Waals surface area (Å²) in [7, 11) is 0. The maximum absolute atomic E-state index is 6.38. The maximum atomic E-state index is 6.38. The number of alkyl halides is 1. The van der Waals surface area contributed by atoms with Gasteiger partial charge in [-0.1, -0.05) is 18.5 Å². The van der Waals surface area contributed by atoms with Crippen molar-refractivity contribution in [1.82, 2.24) is 9.78 Å². The molecule has 0 amide bonds. The summed E-state index contributed by atoms with van der Waals surface area (Å²) in [6.07, 6.45) is 6.75. The smallest absolute Gasteiger partial charge is 0.0849 e. The number of aryl methyl sites for hydroxylation is 2. The third-order valence-electron chi connectivity index (χ3n) is 3.72. The van der Waals surface area contributed by atoms with Crippen molar-refractivity contribution < 1.29 is 0 Å². The third-order valence-corrected chi connectivity index (χ3v) is 4.73. The van der Waals surface area contributed by atoms with Crippen LogP contribution < -0.4 is 0 Å². The van der Waals surface area contributed by atoms with Gasteiger partial charge in [-0.25, -0.2) is 0 Å². The number of hydrogen-bond acceptors (Lipinski definition) is 1. The second-order valence-electron chi connectivity index (χ2n) is 5.12. The van der Waals surface area contributed by atoms with Crippen LogP contribution in [0.25, 0.3) is 0 Å². The first kappa shape index (κ1) is 14.2. The lowest BCUT2D eigenvalue weighted by molar-refractivity contribution is 0.580. The molecule has 1 atom stereocenters. The molecule has 0 bridgehead atoms. The van der Waals surface area contributed by atoms with Gasteiger partial charge in [0.2, 0.25) is 0 Å². The lowest BCUT2D eigenvalue weighted by Crippen LogP contribution is -2.06. The molecule has 102 valence electrons. The molecule has 2 rings (SSSR count). The predicted octanol–water partition coefficient (Wildman–Crippen LogP) is 4.46. The van der Waals surface area contributed by atoms with E-state index in [0.717, 1.165) is 48.9 Å². The van der Waals surface area contributed by atoms with E-state index in [9.17, 15) is 0 Å². The Morgan fingerprint density at radius 1 is 1.39 bits per heavy atom. The van der Waals surface area contributed by atoms with Crippen LogP contribution in [0.5, 0.6) is 0 Å². The van der Waals surface area contributed by atoms with E-state index >= 15 is 0 Å². The van der Waals surface area contributed by atoms with Crippen LogP contribution in [-0.4, -0.2) is 15.2 Å². The van der Waals surface area contributed by atoms with Crippen LogP contribution in [0.2, 0.25) is 5.02 Å². The van der Waals surface area contributed by atoms with Crippen molar-refractivity contribution in [3.05, 3.63) is 16.4 Å². The van der Waals surface area contributed by atoms with E-state index in [1.165, 1.54) is 18.5 Å². The summed E-state index contributed by atoms with van der Waals surface area (Å²) in [5, 5.41) is 5.78. The van der Waals surface area contributed by atoms with Crippen molar-refractivity contribution in [3.8, 4) is 0 Å². The van der Waals surface area contributed by atoms with Gasteiger partial charge in [0.15, 0.2) is 0 Å². The Morgan fingerprint density at radius 2 is 2.11 bits per heavy atom. The second kappa shape index (κ2) is 6.29. The normalized spacial score (nSPS) is 17.1. The summed E-state index contributed by atoms with van der Waals surface area (Å²) in [5.41, 5.74) is 2.22. The lowest BCUT2D eigenvalue weighted by Gasteiger charge is -2.08. The highest BCUT2D eigenvalue weighted by molar-refractivity contribution is 6.31. The van der Waals surface area contributed by atoms with Gasteiger partial charge in [-0.2, -0.15) is 5.10 Å². The van der Waals surface area contributed by atoms with Crippen LogP contribution in [0.1, 0.15) is 50.9 Å². The molecule has 18 heavy (non-hydrogen) atoms. The molecule has 1 aromatic rings. The Balaban J connectivity index is 1.92. The number of nitrogens with zero attached hydrogens (tertiary/aromatic N) is 2. The minimum atomic E-state index is 0.368. The number of aromatic nitrogens is 2. The molecule has 1 aromatic heterocycles. The van der Waals surface area contributed by atoms with E-state index in [1.54, 1.807) is 0 Å². The Labute approximate surface area is 120 Å². The zero-order valence-electron chi connectivity index (χ0n) is 11.3. The molecular formula is C14H22Cl2N2. The standard InChI is InChI=1S/C14H22Cl2N2/c1-3-12-14(16)13(18(4-2)17-12)7-5-6-11(15)10-8-9-10/h10-11H,3-9H2,1-2H3. The molecule has 1 fully saturated rings. The summed E-state index contributed by atoms with van der Waals surface area (Å²) in [4.78, 5) is 0. The summed E-state index contributed by atoms with van der Waals surface area (Å²) >= 11 is 12.7. The molecule has 2 nitrogen and oxygen atoms in total. The maximum Gasteiger partial charge on any atom is 0.0849 e. The van der Waals surface area contributed by atoms with Gasteiger partial charge in [0.05, 0.1) is 16.4 Å². The average molecular weight is 289 g/mol. The Bertz CT molecular complexity index is 397. The van der Waals surface area contributed by atoms with Crippen molar-refractivity contribution in [2.45, 2.75) is 64.3 Å². The number of halogens is 2. The highest BCUT2D eigenvalue weighted by Gasteiger charge is 2.29. The van der Waals surface area contributed by atoms with Crippen molar-refractivity contribution in [3.63, 3.8) is 0 Å². The fraction of sp³-hybridized carbons (Fsp3) is 0.786. The summed E-state index contributed by atoms with van der Waals surface area (Å²) in [6, 6.07) is 0. The first-order valence-corrected chi connectivity index (χ1v) is 7.86. The molecule has 4 heteroatoms. The van der Waals surface area contributed by atoms with Crippen LogP contribution in [0.3, 0.4) is 0 Å². The molecular weight excluding hydrogens is 267 g/mol. The SMILES string of the molecule is CCc1nn(CC)c(CCCC(Cl)C2CC2)c1Cl. The van der Waals surface area contributed by atoms with E-state index < -0.39 is 0 Å². The average Bonchev–Trinajstić information content (AvgIpc) is 3.17. The van der Waals surface area contributed by atoms with Crippen LogP contribution in [-0.2, 0) is 19.4 Å². The van der Waals surface area contributed by atoms with E-state index in [2.05, 4.69) is 18.9 Å². The highest BCUT2D eigenvalue weighted by atomic mass is 35.5. The van der Waals surface area contributed by atoms with Gasteiger partial charge in [0.1, 0.15) is 0 Å². The van der Waals surface area contributed by atoms with Gasteiger partial charge < -0.3 is 0 Å². The lowest BCUT2D eigenvalue weighted by atomic mass is 10.1. The summed E-state index contributed by atoms with van der Waals surface area (Å²) in [6.45, 7) is 5.10. The predicted molar refractivity (Wildman–Crippen MR) is 77.6 cm³/mol. The molecule has 0 aliphatic heterocycles. The van der Waals surface area contributed by atoms with Crippen molar-refractivity contribution in [2.24, 2.45) is 5.92 Å². The van der Waals surface area contributed by atoms with Crippen molar-refractivity contribution in [1.29, 1.82) is 0 Å². The first-order chi connectivity index (χ1) is 8.67. The molecule has 0 aromatic carbocycles. The van der Waals surface area contributed by atoms with Crippen molar-refractivity contribution in [2.75, 3.05) is 0 Å². The fourth-order valence-electron chi connectivity index (χ4n) is 2.41. The van der Waals surface area contributed by atoms with Crippen molar-refractivity contribution >= 4 is 23.2 Å². The minimum absolute atomic E-state index is 0.368. The molecule has 1 aliphatic rings. The Kier molecular flexibility index (Phi) is 4.97. The largest absolute Gasteiger partial charge is 0.268 e. The molecule has 1 unspecified atom stereocenters.